The molecular formula is C19H34N4O3. The standard InChI is InChI=1S/C19H34N4O3/c1-3-26-17(24)10-7-12-21-19(20-2)22-16-11-13-23(14-16)18(25)15-8-5-4-6-9-15/h15-16H,3-14H2,1-2H3,(H2,20,21,22). The van der Waals surface area contributed by atoms with Gasteiger partial charge in [0.15, 0.2) is 5.96 Å². The molecule has 2 N–H and O–H groups in total. The van der Waals surface area contributed by atoms with Gasteiger partial charge in [-0.15, -0.1) is 0 Å². The van der Waals surface area contributed by atoms with Crippen molar-refractivity contribution in [1.29, 1.82) is 0 Å². The van der Waals surface area contributed by atoms with Gasteiger partial charge >= 0.3 is 5.97 Å². The Morgan fingerprint density at radius 1 is 1.19 bits per heavy atom. The van der Waals surface area contributed by atoms with E-state index in [0.717, 1.165) is 38.3 Å². The number of carbonyl (C=O) groups excluding carboxylic acids is 2. The molecule has 1 saturated heterocycles. The summed E-state index contributed by atoms with van der Waals surface area (Å²) in [6.07, 6.45) is 7.81. The first-order valence-electron chi connectivity index (χ1n) is 10.1. The normalized spacial score (nSPS) is 21.5. The lowest BCUT2D eigenvalue weighted by molar-refractivity contribution is -0.143. The predicted molar refractivity (Wildman–Crippen MR) is 102 cm³/mol. The summed E-state index contributed by atoms with van der Waals surface area (Å²) in [5.74, 6) is 1.14. The molecule has 1 aliphatic carbocycles. The summed E-state index contributed by atoms with van der Waals surface area (Å²) in [6, 6.07) is 0.235. The summed E-state index contributed by atoms with van der Waals surface area (Å²) in [5.41, 5.74) is 0. The second-order valence-electron chi connectivity index (χ2n) is 7.16. The molecule has 1 atom stereocenters. The lowest BCUT2D eigenvalue weighted by Gasteiger charge is -2.26. The van der Waals surface area contributed by atoms with Gasteiger partial charge in [0.2, 0.25) is 5.91 Å². The summed E-state index contributed by atoms with van der Waals surface area (Å²) in [7, 11) is 1.74. The van der Waals surface area contributed by atoms with Gasteiger partial charge in [-0.25, -0.2) is 0 Å². The van der Waals surface area contributed by atoms with E-state index in [0.29, 0.717) is 31.9 Å². The van der Waals surface area contributed by atoms with Crippen LogP contribution in [0.25, 0.3) is 0 Å². The van der Waals surface area contributed by atoms with Crippen LogP contribution in [0.5, 0.6) is 0 Å². The Balaban J connectivity index is 1.67. The van der Waals surface area contributed by atoms with Crippen LogP contribution in [0.1, 0.15) is 58.3 Å². The summed E-state index contributed by atoms with van der Waals surface area (Å²) in [4.78, 5) is 30.2. The Kier molecular flexibility index (Phi) is 8.71. The SMILES string of the molecule is CCOC(=O)CCCNC(=NC)NC1CCN(C(=O)C2CCCCC2)C1. The van der Waals surface area contributed by atoms with Crippen LogP contribution < -0.4 is 10.6 Å². The average Bonchev–Trinajstić information content (AvgIpc) is 3.13. The minimum Gasteiger partial charge on any atom is -0.466 e. The fourth-order valence-corrected chi connectivity index (χ4v) is 3.75. The molecule has 0 spiro atoms. The number of rotatable bonds is 7. The molecule has 7 nitrogen and oxygen atoms in total. The van der Waals surface area contributed by atoms with Crippen LogP contribution in [0.2, 0.25) is 0 Å². The summed E-state index contributed by atoms with van der Waals surface area (Å²) in [5, 5.41) is 6.62. The van der Waals surface area contributed by atoms with Gasteiger partial charge in [0, 0.05) is 45.1 Å². The number of hydrogen-bond acceptors (Lipinski definition) is 4. The van der Waals surface area contributed by atoms with E-state index in [-0.39, 0.29) is 17.9 Å². The van der Waals surface area contributed by atoms with Crippen LogP contribution in [0.15, 0.2) is 4.99 Å². The third kappa shape index (κ3) is 6.50. The van der Waals surface area contributed by atoms with Crippen molar-refractivity contribution in [2.75, 3.05) is 33.3 Å². The number of carbonyl (C=O) groups is 2. The van der Waals surface area contributed by atoms with Crippen LogP contribution in [0.4, 0.5) is 0 Å². The molecule has 2 aliphatic rings. The Hall–Kier alpha value is -1.79. The van der Waals surface area contributed by atoms with Crippen LogP contribution in [-0.4, -0.2) is 62.1 Å². The zero-order valence-corrected chi connectivity index (χ0v) is 16.3. The smallest absolute Gasteiger partial charge is 0.305 e. The Bertz CT molecular complexity index is 489. The summed E-state index contributed by atoms with van der Waals surface area (Å²) >= 11 is 0. The molecule has 0 aromatic carbocycles. The number of guanidine groups is 1. The van der Waals surface area contributed by atoms with Crippen LogP contribution >= 0.6 is 0 Å². The fraction of sp³-hybridized carbons (Fsp3) is 0.842. The largest absolute Gasteiger partial charge is 0.466 e. The molecule has 2 rings (SSSR count). The first-order chi connectivity index (χ1) is 12.6. The third-order valence-electron chi connectivity index (χ3n) is 5.17. The van der Waals surface area contributed by atoms with E-state index in [1.807, 2.05) is 11.8 Å². The second kappa shape index (κ2) is 11.0. The van der Waals surface area contributed by atoms with Crippen molar-refractivity contribution in [2.24, 2.45) is 10.9 Å². The van der Waals surface area contributed by atoms with Gasteiger partial charge < -0.3 is 20.3 Å². The highest BCUT2D eigenvalue weighted by atomic mass is 16.5. The lowest BCUT2D eigenvalue weighted by Crippen LogP contribution is -2.45. The van der Waals surface area contributed by atoms with E-state index in [9.17, 15) is 9.59 Å². The Morgan fingerprint density at radius 2 is 1.96 bits per heavy atom. The van der Waals surface area contributed by atoms with E-state index in [1.54, 1.807) is 7.05 Å². The number of nitrogens with one attached hydrogen (secondary N) is 2. The molecule has 2 fully saturated rings. The zero-order valence-electron chi connectivity index (χ0n) is 16.3. The number of likely N-dealkylation sites (tertiary alicyclic amines) is 1. The molecule has 0 bridgehead atoms. The number of amides is 1. The van der Waals surface area contributed by atoms with Crippen molar-refractivity contribution in [2.45, 2.75) is 64.3 Å². The molecule has 1 heterocycles. The maximum Gasteiger partial charge on any atom is 0.305 e. The molecular weight excluding hydrogens is 332 g/mol. The highest BCUT2D eigenvalue weighted by Gasteiger charge is 2.31. The molecule has 1 unspecified atom stereocenters. The van der Waals surface area contributed by atoms with E-state index in [2.05, 4.69) is 15.6 Å². The van der Waals surface area contributed by atoms with Crippen molar-refractivity contribution in [3.8, 4) is 0 Å². The lowest BCUT2D eigenvalue weighted by atomic mass is 9.88. The molecule has 1 amide bonds. The summed E-state index contributed by atoms with van der Waals surface area (Å²) < 4.78 is 4.92. The Morgan fingerprint density at radius 3 is 2.65 bits per heavy atom. The highest BCUT2D eigenvalue weighted by Crippen LogP contribution is 2.26. The van der Waals surface area contributed by atoms with Crippen molar-refractivity contribution in [3.05, 3.63) is 0 Å². The molecule has 26 heavy (non-hydrogen) atoms. The molecule has 0 radical (unpaired) electrons. The van der Waals surface area contributed by atoms with Crippen LogP contribution in [0, 0.1) is 5.92 Å². The van der Waals surface area contributed by atoms with Gasteiger partial charge in [-0.2, -0.15) is 0 Å². The molecule has 0 aromatic rings. The topological polar surface area (TPSA) is 83.0 Å². The van der Waals surface area contributed by atoms with Crippen LogP contribution in [0.3, 0.4) is 0 Å². The van der Waals surface area contributed by atoms with Crippen molar-refractivity contribution in [1.82, 2.24) is 15.5 Å². The van der Waals surface area contributed by atoms with Gasteiger partial charge in [-0.1, -0.05) is 19.3 Å². The minimum atomic E-state index is -0.162. The number of esters is 1. The quantitative estimate of drug-likeness (QED) is 0.310. The number of aliphatic imine (C=N–C) groups is 1. The maximum absolute atomic E-state index is 12.6. The summed E-state index contributed by atoms with van der Waals surface area (Å²) in [6.45, 7) is 4.47. The number of ether oxygens (including phenoxy) is 1. The monoisotopic (exact) mass is 366 g/mol. The first-order valence-corrected chi connectivity index (χ1v) is 10.1. The van der Waals surface area contributed by atoms with Crippen molar-refractivity contribution < 1.29 is 14.3 Å². The van der Waals surface area contributed by atoms with Gasteiger partial charge in [0.05, 0.1) is 6.61 Å². The van der Waals surface area contributed by atoms with Crippen molar-refractivity contribution >= 4 is 17.8 Å². The van der Waals surface area contributed by atoms with Gasteiger partial charge in [-0.05, 0) is 32.6 Å². The number of nitrogens with zero attached hydrogens (tertiary/aromatic N) is 2. The first kappa shape index (κ1) is 20.5. The van der Waals surface area contributed by atoms with E-state index in [4.69, 9.17) is 4.74 Å². The fourth-order valence-electron chi connectivity index (χ4n) is 3.75. The molecule has 0 aromatic heterocycles. The van der Waals surface area contributed by atoms with Gasteiger partial charge in [0.25, 0.3) is 0 Å². The van der Waals surface area contributed by atoms with Crippen LogP contribution in [-0.2, 0) is 14.3 Å². The third-order valence-corrected chi connectivity index (χ3v) is 5.17. The highest BCUT2D eigenvalue weighted by molar-refractivity contribution is 5.81. The van der Waals surface area contributed by atoms with E-state index in [1.165, 1.54) is 19.3 Å². The van der Waals surface area contributed by atoms with E-state index >= 15 is 0 Å². The average molecular weight is 367 g/mol. The predicted octanol–water partition coefficient (Wildman–Crippen LogP) is 1.68. The minimum absolute atomic E-state index is 0.162. The molecule has 1 saturated carbocycles. The Labute approximate surface area is 156 Å². The zero-order chi connectivity index (χ0) is 18.8. The molecule has 1 aliphatic heterocycles. The van der Waals surface area contributed by atoms with Gasteiger partial charge in [0.1, 0.15) is 0 Å². The number of hydrogen-bond donors (Lipinski definition) is 2. The second-order valence-corrected chi connectivity index (χ2v) is 7.16. The molecule has 7 heteroatoms. The van der Waals surface area contributed by atoms with Gasteiger partial charge in [-0.3, -0.25) is 14.6 Å². The maximum atomic E-state index is 12.6. The molecule has 148 valence electrons. The van der Waals surface area contributed by atoms with E-state index < -0.39 is 0 Å². The van der Waals surface area contributed by atoms with Crippen molar-refractivity contribution in [3.63, 3.8) is 0 Å².